The Morgan fingerprint density at radius 3 is 2.80 bits per heavy atom. The second-order valence-corrected chi connectivity index (χ2v) is 2.29. The summed E-state index contributed by atoms with van der Waals surface area (Å²) in [6, 6.07) is 7.99. The van der Waals surface area contributed by atoms with Gasteiger partial charge in [-0.2, -0.15) is 12.1 Å². The third-order valence-electron chi connectivity index (χ3n) is 1.58. The van der Waals surface area contributed by atoms with E-state index in [2.05, 4.69) is 0 Å². The van der Waals surface area contributed by atoms with Gasteiger partial charge >= 0.3 is 0 Å². The normalized spacial score (nSPS) is 20.0. The van der Waals surface area contributed by atoms with Crippen LogP contribution in [0.15, 0.2) is 24.3 Å². The average Bonchev–Trinajstić information content (AvgIpc) is 2.59. The van der Waals surface area contributed by atoms with E-state index in [4.69, 9.17) is 9.47 Å². The molecule has 0 aliphatic carbocycles. The maximum Gasteiger partial charge on any atom is 0.161 e. The van der Waals surface area contributed by atoms with Crippen molar-refractivity contribution in [3.05, 3.63) is 29.8 Å². The molecule has 0 saturated carbocycles. The third-order valence-corrected chi connectivity index (χ3v) is 1.58. The lowest BCUT2D eigenvalue weighted by molar-refractivity contribution is -0.0439. The summed E-state index contributed by atoms with van der Waals surface area (Å²) in [4.78, 5) is 0. The van der Waals surface area contributed by atoms with E-state index < -0.39 is 0 Å². The highest BCUT2D eigenvalue weighted by atomic mass is 16.7. The van der Waals surface area contributed by atoms with E-state index in [9.17, 15) is 0 Å². The van der Waals surface area contributed by atoms with Crippen molar-refractivity contribution >= 4 is 0 Å². The number of hydrogen-bond acceptors (Lipinski definition) is 2. The first-order valence-corrected chi connectivity index (χ1v) is 3.41. The van der Waals surface area contributed by atoms with Gasteiger partial charge in [-0.1, -0.05) is 0 Å². The fourth-order valence-electron chi connectivity index (χ4n) is 1.10. The summed E-state index contributed by atoms with van der Waals surface area (Å²) in [7, 11) is 0. The van der Waals surface area contributed by atoms with Gasteiger partial charge in [0.2, 0.25) is 0 Å². The minimum Gasteiger partial charge on any atom is -0.348 e. The Morgan fingerprint density at radius 1 is 1.40 bits per heavy atom. The molecule has 54 valence electrons. The Balaban J connectivity index is 2.12. The van der Waals surface area contributed by atoms with Gasteiger partial charge in [-0.15, -0.1) is 5.56 Å². The molecule has 0 atom stereocenters. The highest BCUT2D eigenvalue weighted by molar-refractivity contribution is 5.17. The molecule has 2 heteroatoms. The van der Waals surface area contributed by atoms with Crippen molar-refractivity contribution in [2.24, 2.45) is 0 Å². The van der Waals surface area contributed by atoms with Gasteiger partial charge in [0.05, 0.1) is 13.2 Å². The highest BCUT2D eigenvalue weighted by Gasteiger charge is 2.13. The van der Waals surface area contributed by atoms with Crippen LogP contribution in [0.1, 0.15) is 11.9 Å². The van der Waals surface area contributed by atoms with Crippen LogP contribution in [-0.4, -0.2) is 13.2 Å². The number of rotatable bonds is 1. The molecule has 1 saturated heterocycles. The lowest BCUT2D eigenvalue weighted by Gasteiger charge is -2.09. The molecule has 0 amide bonds. The summed E-state index contributed by atoms with van der Waals surface area (Å²) in [6.45, 7) is 1.44. The first-order valence-electron chi connectivity index (χ1n) is 3.41. The SMILES string of the molecule is c1c[cH-]c(C2OCCO2)c1. The standard InChI is InChI=1S/C8H9O2/c1-2-4-7(3-1)8-9-5-6-10-8/h1-4,8H,5-6H2/q-1. The van der Waals surface area contributed by atoms with Gasteiger partial charge in [-0.3, -0.25) is 0 Å². The van der Waals surface area contributed by atoms with Gasteiger partial charge in [0.1, 0.15) is 0 Å². The lowest BCUT2D eigenvalue weighted by Crippen LogP contribution is -1.94. The summed E-state index contributed by atoms with van der Waals surface area (Å²) in [5.74, 6) is 0. The molecule has 1 aliphatic rings. The molecule has 2 nitrogen and oxygen atoms in total. The zero-order valence-corrected chi connectivity index (χ0v) is 5.62. The van der Waals surface area contributed by atoms with Crippen LogP contribution in [0, 0.1) is 0 Å². The molecule has 0 bridgehead atoms. The molecular formula is C8H9O2-. The smallest absolute Gasteiger partial charge is 0.161 e. The Morgan fingerprint density at radius 2 is 2.20 bits per heavy atom. The van der Waals surface area contributed by atoms with E-state index in [1.165, 1.54) is 0 Å². The van der Waals surface area contributed by atoms with Crippen LogP contribution in [0.2, 0.25) is 0 Å². The van der Waals surface area contributed by atoms with Gasteiger partial charge in [-0.25, -0.2) is 12.1 Å². The Kier molecular flexibility index (Phi) is 1.49. The zero-order chi connectivity index (χ0) is 6.81. The molecular weight excluding hydrogens is 128 g/mol. The van der Waals surface area contributed by atoms with Crippen LogP contribution >= 0.6 is 0 Å². The van der Waals surface area contributed by atoms with E-state index >= 15 is 0 Å². The second kappa shape index (κ2) is 2.48. The monoisotopic (exact) mass is 137 g/mol. The van der Waals surface area contributed by atoms with Crippen molar-refractivity contribution in [3.8, 4) is 0 Å². The van der Waals surface area contributed by atoms with Crippen molar-refractivity contribution in [2.75, 3.05) is 13.2 Å². The fourth-order valence-corrected chi connectivity index (χ4v) is 1.10. The van der Waals surface area contributed by atoms with E-state index in [0.29, 0.717) is 0 Å². The third kappa shape index (κ3) is 0.958. The molecule has 0 radical (unpaired) electrons. The Labute approximate surface area is 59.7 Å². The molecule has 10 heavy (non-hydrogen) atoms. The van der Waals surface area contributed by atoms with Crippen LogP contribution < -0.4 is 0 Å². The van der Waals surface area contributed by atoms with Crippen LogP contribution in [-0.2, 0) is 9.47 Å². The summed E-state index contributed by atoms with van der Waals surface area (Å²) < 4.78 is 10.6. The number of hydrogen-bond donors (Lipinski definition) is 0. The summed E-state index contributed by atoms with van der Waals surface area (Å²) in [5, 5.41) is 0. The molecule has 0 aromatic heterocycles. The zero-order valence-electron chi connectivity index (χ0n) is 5.62. The van der Waals surface area contributed by atoms with Crippen molar-refractivity contribution in [1.29, 1.82) is 0 Å². The van der Waals surface area contributed by atoms with Gasteiger partial charge in [0.25, 0.3) is 0 Å². The van der Waals surface area contributed by atoms with Crippen LogP contribution in [0.5, 0.6) is 0 Å². The summed E-state index contributed by atoms with van der Waals surface area (Å²) in [6.07, 6.45) is -0.102. The Bertz CT molecular complexity index is 185. The van der Waals surface area contributed by atoms with Crippen LogP contribution in [0.3, 0.4) is 0 Å². The van der Waals surface area contributed by atoms with Crippen LogP contribution in [0.25, 0.3) is 0 Å². The van der Waals surface area contributed by atoms with Crippen molar-refractivity contribution in [3.63, 3.8) is 0 Å². The molecule has 1 aliphatic heterocycles. The summed E-state index contributed by atoms with van der Waals surface area (Å²) >= 11 is 0. The maximum atomic E-state index is 5.28. The predicted octanol–water partition coefficient (Wildman–Crippen LogP) is 1.45. The average molecular weight is 137 g/mol. The van der Waals surface area contributed by atoms with Gasteiger partial charge in [0.15, 0.2) is 6.29 Å². The summed E-state index contributed by atoms with van der Waals surface area (Å²) in [5.41, 5.74) is 1.12. The minimum atomic E-state index is -0.102. The molecule has 0 N–H and O–H groups in total. The maximum absolute atomic E-state index is 5.28. The van der Waals surface area contributed by atoms with Gasteiger partial charge in [-0.05, 0) is 0 Å². The second-order valence-electron chi connectivity index (χ2n) is 2.29. The van der Waals surface area contributed by atoms with E-state index in [1.807, 2.05) is 24.3 Å². The van der Waals surface area contributed by atoms with Gasteiger partial charge in [0, 0.05) is 0 Å². The molecule has 0 spiro atoms. The quantitative estimate of drug-likeness (QED) is 0.545. The Hall–Kier alpha value is -0.730. The predicted molar refractivity (Wildman–Crippen MR) is 36.7 cm³/mol. The minimum absolute atomic E-state index is 0.102. The molecule has 1 aromatic rings. The highest BCUT2D eigenvalue weighted by Crippen LogP contribution is 2.22. The van der Waals surface area contributed by atoms with Gasteiger partial charge < -0.3 is 9.47 Å². The fraction of sp³-hybridized carbons (Fsp3) is 0.375. The topological polar surface area (TPSA) is 18.5 Å². The van der Waals surface area contributed by atoms with Crippen molar-refractivity contribution in [2.45, 2.75) is 6.29 Å². The molecule has 0 unspecified atom stereocenters. The van der Waals surface area contributed by atoms with E-state index in [0.717, 1.165) is 18.8 Å². The van der Waals surface area contributed by atoms with E-state index in [1.54, 1.807) is 0 Å². The van der Waals surface area contributed by atoms with Crippen molar-refractivity contribution in [1.82, 2.24) is 0 Å². The molecule has 2 rings (SSSR count). The first-order chi connectivity index (χ1) is 4.97. The van der Waals surface area contributed by atoms with E-state index in [-0.39, 0.29) is 6.29 Å². The lowest BCUT2D eigenvalue weighted by atomic mass is 10.3. The molecule has 1 heterocycles. The molecule has 1 aromatic carbocycles. The van der Waals surface area contributed by atoms with Crippen molar-refractivity contribution < 1.29 is 9.47 Å². The first kappa shape index (κ1) is 6.01. The molecule has 1 fully saturated rings. The largest absolute Gasteiger partial charge is 0.348 e. The number of ether oxygens (including phenoxy) is 2. The van der Waals surface area contributed by atoms with Crippen LogP contribution in [0.4, 0.5) is 0 Å².